The fourth-order valence-corrected chi connectivity index (χ4v) is 4.97. The van der Waals surface area contributed by atoms with Gasteiger partial charge in [0.1, 0.15) is 0 Å². The van der Waals surface area contributed by atoms with Gasteiger partial charge in [0.15, 0.2) is 0 Å². The van der Waals surface area contributed by atoms with Gasteiger partial charge >= 0.3 is 0 Å². The Balaban J connectivity index is 1.40. The number of benzene rings is 1. The first kappa shape index (κ1) is 19.6. The van der Waals surface area contributed by atoms with Gasteiger partial charge in [-0.3, -0.25) is 4.79 Å². The van der Waals surface area contributed by atoms with Crippen molar-refractivity contribution in [3.63, 3.8) is 0 Å². The molecule has 1 saturated carbocycles. The minimum Gasteiger partial charge on any atom is -0.336 e. The molecule has 164 valence electrons. The molecule has 2 fully saturated rings. The van der Waals surface area contributed by atoms with Crippen LogP contribution >= 0.6 is 0 Å². The van der Waals surface area contributed by atoms with E-state index in [1.165, 1.54) is 16.7 Å². The lowest BCUT2D eigenvalue weighted by molar-refractivity contribution is 0.0663. The number of amides is 1. The van der Waals surface area contributed by atoms with Crippen molar-refractivity contribution >= 4 is 5.91 Å². The number of likely N-dealkylation sites (N-methyl/N-ethyl adjacent to an activating group) is 1. The lowest BCUT2D eigenvalue weighted by Crippen LogP contribution is -2.47. The van der Waals surface area contributed by atoms with E-state index < -0.39 is 0 Å². The summed E-state index contributed by atoms with van der Waals surface area (Å²) >= 11 is 0. The van der Waals surface area contributed by atoms with Gasteiger partial charge in [-0.05, 0) is 50.3 Å². The molecule has 1 saturated heterocycles. The molecule has 6 rings (SSSR count). The number of hydrogen-bond acceptors (Lipinski definition) is 5. The maximum absolute atomic E-state index is 13.4. The predicted molar refractivity (Wildman–Crippen MR) is 122 cm³/mol. The average Bonchev–Trinajstić information content (AvgIpc) is 3.60. The van der Waals surface area contributed by atoms with Gasteiger partial charge in [0.25, 0.3) is 11.9 Å². The lowest BCUT2D eigenvalue weighted by atomic mass is 10.0. The van der Waals surface area contributed by atoms with Crippen LogP contribution in [-0.4, -0.2) is 68.7 Å². The second-order valence-electron chi connectivity index (χ2n) is 9.28. The summed E-state index contributed by atoms with van der Waals surface area (Å²) in [4.78, 5) is 27.3. The van der Waals surface area contributed by atoms with E-state index in [0.717, 1.165) is 75.2 Å². The van der Waals surface area contributed by atoms with Crippen molar-refractivity contribution in [1.29, 1.82) is 0 Å². The summed E-state index contributed by atoms with van der Waals surface area (Å²) < 4.78 is 1.83. The smallest absolute Gasteiger partial charge is 0.257 e. The van der Waals surface area contributed by atoms with Crippen molar-refractivity contribution in [3.8, 4) is 17.2 Å². The van der Waals surface area contributed by atoms with Gasteiger partial charge in [-0.1, -0.05) is 24.3 Å². The zero-order valence-electron chi connectivity index (χ0n) is 18.5. The summed E-state index contributed by atoms with van der Waals surface area (Å²) in [6.45, 7) is 3.34. The molecule has 1 aliphatic heterocycles. The molecule has 3 aromatic rings. The molecule has 2 aliphatic carbocycles. The number of fused-ring (bicyclic) bond motifs is 3. The monoisotopic (exact) mass is 428 g/mol. The molecular weight excluding hydrogens is 400 g/mol. The van der Waals surface area contributed by atoms with Crippen molar-refractivity contribution in [3.05, 3.63) is 59.0 Å². The fourth-order valence-electron chi connectivity index (χ4n) is 4.97. The molecule has 7 nitrogen and oxygen atoms in total. The van der Waals surface area contributed by atoms with E-state index in [1.807, 2.05) is 15.8 Å². The van der Waals surface area contributed by atoms with Gasteiger partial charge in [0.2, 0.25) is 0 Å². The maximum Gasteiger partial charge on any atom is 0.257 e. The van der Waals surface area contributed by atoms with Crippen LogP contribution in [0.4, 0.5) is 0 Å². The molecule has 3 aliphatic rings. The lowest BCUT2D eigenvalue weighted by Gasteiger charge is -2.32. The Bertz CT molecular complexity index is 1170. The standard InChI is InChI=1S/C25H28N6O/c1-29-11-13-30(14-12-29)24(32)21-16-27-31(23(21)18-9-10-18)25-26-15-19-7-4-6-17-5-2-3-8-20(17)22(19)28-25/h2-3,5,8,15-16,18H,4,6-7,9-14H2,1H3. The van der Waals surface area contributed by atoms with E-state index >= 15 is 0 Å². The van der Waals surface area contributed by atoms with Crippen LogP contribution in [0, 0.1) is 0 Å². The highest BCUT2D eigenvalue weighted by atomic mass is 16.2. The third-order valence-electron chi connectivity index (χ3n) is 7.00. The number of aryl methyl sites for hydroxylation is 2. The fraction of sp³-hybridized carbons (Fsp3) is 0.440. The number of hydrogen-bond donors (Lipinski definition) is 0. The molecule has 0 unspecified atom stereocenters. The molecule has 7 heteroatoms. The van der Waals surface area contributed by atoms with E-state index in [2.05, 4.69) is 41.3 Å². The number of aromatic nitrogens is 4. The highest BCUT2D eigenvalue weighted by Crippen LogP contribution is 2.42. The van der Waals surface area contributed by atoms with Crippen molar-refractivity contribution in [1.82, 2.24) is 29.5 Å². The molecule has 1 aromatic carbocycles. The van der Waals surface area contributed by atoms with Gasteiger partial charge < -0.3 is 9.80 Å². The van der Waals surface area contributed by atoms with Crippen LogP contribution in [0.15, 0.2) is 36.7 Å². The van der Waals surface area contributed by atoms with Crippen LogP contribution in [0.25, 0.3) is 17.2 Å². The van der Waals surface area contributed by atoms with Gasteiger partial charge in [-0.25, -0.2) is 14.6 Å². The molecule has 0 N–H and O–H groups in total. The Kier molecular flexibility index (Phi) is 4.79. The maximum atomic E-state index is 13.4. The van der Waals surface area contributed by atoms with E-state index in [-0.39, 0.29) is 5.91 Å². The zero-order valence-corrected chi connectivity index (χ0v) is 18.5. The summed E-state index contributed by atoms with van der Waals surface area (Å²) in [6.07, 6.45) is 9.00. The van der Waals surface area contributed by atoms with Crippen molar-refractivity contribution in [2.45, 2.75) is 38.0 Å². The third-order valence-corrected chi connectivity index (χ3v) is 7.00. The van der Waals surface area contributed by atoms with E-state index in [9.17, 15) is 4.79 Å². The van der Waals surface area contributed by atoms with Crippen molar-refractivity contribution in [2.75, 3.05) is 33.2 Å². The van der Waals surface area contributed by atoms with Gasteiger partial charge in [0, 0.05) is 43.9 Å². The van der Waals surface area contributed by atoms with Gasteiger partial charge in [-0.15, -0.1) is 0 Å². The minimum absolute atomic E-state index is 0.0892. The normalized spacial score (nSPS) is 18.7. The number of piperazine rings is 1. The van der Waals surface area contributed by atoms with Crippen molar-refractivity contribution in [2.24, 2.45) is 0 Å². The number of carbonyl (C=O) groups excluding carboxylic acids is 1. The van der Waals surface area contributed by atoms with E-state index in [4.69, 9.17) is 9.97 Å². The molecular formula is C25H28N6O. The van der Waals surface area contributed by atoms with Crippen LogP contribution < -0.4 is 0 Å². The zero-order chi connectivity index (χ0) is 21.7. The molecule has 0 spiro atoms. The van der Waals surface area contributed by atoms with Gasteiger partial charge in [0.05, 0.1) is 23.1 Å². The first-order chi connectivity index (χ1) is 15.7. The Morgan fingerprint density at radius 2 is 1.78 bits per heavy atom. The Labute approximate surface area is 188 Å². The Morgan fingerprint density at radius 1 is 1.00 bits per heavy atom. The van der Waals surface area contributed by atoms with Crippen LogP contribution in [-0.2, 0) is 12.8 Å². The highest BCUT2D eigenvalue weighted by Gasteiger charge is 2.35. The Morgan fingerprint density at radius 3 is 2.59 bits per heavy atom. The summed E-state index contributed by atoms with van der Waals surface area (Å²) in [6, 6.07) is 8.53. The van der Waals surface area contributed by atoms with Crippen LogP contribution in [0.2, 0.25) is 0 Å². The summed E-state index contributed by atoms with van der Waals surface area (Å²) in [5.74, 6) is 1.02. The highest BCUT2D eigenvalue weighted by molar-refractivity contribution is 5.95. The molecule has 3 heterocycles. The third kappa shape index (κ3) is 3.41. The topological polar surface area (TPSA) is 67.2 Å². The predicted octanol–water partition coefficient (Wildman–Crippen LogP) is 3.08. The number of carbonyl (C=O) groups is 1. The largest absolute Gasteiger partial charge is 0.336 e. The van der Waals surface area contributed by atoms with Crippen molar-refractivity contribution < 1.29 is 4.79 Å². The number of nitrogens with zero attached hydrogens (tertiary/aromatic N) is 6. The number of rotatable bonds is 3. The SMILES string of the molecule is CN1CCN(C(=O)c2cnn(-c3ncc4c(n3)-c3ccccc3CCC4)c2C2CC2)CC1. The van der Waals surface area contributed by atoms with Crippen LogP contribution in [0.5, 0.6) is 0 Å². The van der Waals surface area contributed by atoms with E-state index in [1.54, 1.807) is 6.20 Å². The molecule has 1 amide bonds. The molecule has 0 radical (unpaired) electrons. The summed E-state index contributed by atoms with van der Waals surface area (Å²) in [5, 5.41) is 4.64. The quantitative estimate of drug-likeness (QED) is 0.641. The van der Waals surface area contributed by atoms with Crippen LogP contribution in [0.3, 0.4) is 0 Å². The molecule has 0 atom stereocenters. The second kappa shape index (κ2) is 7.81. The molecule has 0 bridgehead atoms. The average molecular weight is 429 g/mol. The second-order valence-corrected chi connectivity index (χ2v) is 9.28. The molecule has 32 heavy (non-hydrogen) atoms. The Hall–Kier alpha value is -3.06. The van der Waals surface area contributed by atoms with Gasteiger partial charge in [-0.2, -0.15) is 5.10 Å². The summed E-state index contributed by atoms with van der Waals surface area (Å²) in [5.41, 5.74) is 6.42. The minimum atomic E-state index is 0.0892. The first-order valence-corrected chi connectivity index (χ1v) is 11.7. The van der Waals surface area contributed by atoms with E-state index in [0.29, 0.717) is 11.9 Å². The summed E-state index contributed by atoms with van der Waals surface area (Å²) in [7, 11) is 2.10. The van der Waals surface area contributed by atoms with Crippen LogP contribution in [0.1, 0.15) is 52.4 Å². The first-order valence-electron chi connectivity index (χ1n) is 11.7. The molecule has 2 aromatic heterocycles.